The van der Waals surface area contributed by atoms with E-state index in [1.807, 2.05) is 18.7 Å². The Hall–Kier alpha value is -1.23. The predicted octanol–water partition coefficient (Wildman–Crippen LogP) is 4.30. The molecule has 0 aliphatic carbocycles. The average molecular weight is 282 g/mol. The summed E-state index contributed by atoms with van der Waals surface area (Å²) in [7, 11) is 0. The van der Waals surface area contributed by atoms with Gasteiger partial charge in [0.2, 0.25) is 0 Å². The first-order chi connectivity index (χ1) is 8.95. The zero-order valence-electron chi connectivity index (χ0n) is 12.0. The number of anilines is 1. The maximum atomic E-state index is 10.8. The van der Waals surface area contributed by atoms with Crippen molar-refractivity contribution in [3.05, 3.63) is 33.9 Å². The maximum Gasteiger partial charge on any atom is 0.269 e. The molecule has 1 rings (SSSR count). The summed E-state index contributed by atoms with van der Waals surface area (Å²) in [5.74, 6) is 1.40. The fourth-order valence-corrected chi connectivity index (χ4v) is 2.66. The Kier molecular flexibility index (Phi) is 6.15. The molecule has 1 N–H and O–H groups in total. The second kappa shape index (κ2) is 7.38. The normalized spacial score (nSPS) is 12.5. The van der Waals surface area contributed by atoms with Crippen molar-refractivity contribution in [2.75, 3.05) is 11.9 Å². The lowest BCUT2D eigenvalue weighted by Crippen LogP contribution is -2.07. The highest BCUT2D eigenvalue weighted by Gasteiger charge is 2.13. The molecule has 0 radical (unpaired) electrons. The number of benzene rings is 1. The summed E-state index contributed by atoms with van der Waals surface area (Å²) < 4.78 is 0. The quantitative estimate of drug-likeness (QED) is 0.598. The fraction of sp³-hybridized carbons (Fsp3) is 0.571. The number of rotatable bonds is 7. The van der Waals surface area contributed by atoms with Crippen LogP contribution in [-0.4, -0.2) is 16.7 Å². The molecular formula is C14H22N2O2S. The Morgan fingerprint density at radius 2 is 2.05 bits per heavy atom. The largest absolute Gasteiger partial charge is 0.385 e. The molecule has 0 saturated carbocycles. The zero-order valence-corrected chi connectivity index (χ0v) is 12.8. The maximum absolute atomic E-state index is 10.8. The molecule has 0 aliphatic heterocycles. The van der Waals surface area contributed by atoms with E-state index in [9.17, 15) is 10.1 Å². The molecule has 0 amide bonds. The number of hydrogen-bond acceptors (Lipinski definition) is 4. The topological polar surface area (TPSA) is 55.2 Å². The number of nitrogens with one attached hydrogen (secondary N) is 1. The molecule has 0 aromatic heterocycles. The van der Waals surface area contributed by atoms with Crippen molar-refractivity contribution in [1.82, 2.24) is 0 Å². The van der Waals surface area contributed by atoms with Gasteiger partial charge in [-0.25, -0.2) is 0 Å². The standard InChI is InChI=1S/C14H22N2O2S/c1-5-15-14-7-6-13(16(17)18)8-12(14)9-19-11(4)10(2)3/h6-8,10-11,15H,5,9H2,1-4H3. The van der Waals surface area contributed by atoms with E-state index in [0.717, 1.165) is 23.5 Å². The minimum Gasteiger partial charge on any atom is -0.385 e. The van der Waals surface area contributed by atoms with Crippen molar-refractivity contribution in [2.24, 2.45) is 5.92 Å². The van der Waals surface area contributed by atoms with E-state index in [4.69, 9.17) is 0 Å². The van der Waals surface area contributed by atoms with Gasteiger partial charge in [0.25, 0.3) is 5.69 Å². The second-order valence-corrected chi connectivity index (χ2v) is 6.25. The van der Waals surface area contributed by atoms with E-state index >= 15 is 0 Å². The predicted molar refractivity (Wildman–Crippen MR) is 82.9 cm³/mol. The van der Waals surface area contributed by atoms with Crippen molar-refractivity contribution in [1.29, 1.82) is 0 Å². The van der Waals surface area contributed by atoms with E-state index in [-0.39, 0.29) is 10.6 Å². The van der Waals surface area contributed by atoms with Crippen molar-refractivity contribution >= 4 is 23.1 Å². The van der Waals surface area contributed by atoms with Crippen LogP contribution >= 0.6 is 11.8 Å². The highest BCUT2D eigenvalue weighted by Crippen LogP contribution is 2.29. The second-order valence-electron chi connectivity index (χ2n) is 4.89. The molecule has 106 valence electrons. The van der Waals surface area contributed by atoms with Crippen LogP contribution in [0.3, 0.4) is 0 Å². The molecule has 1 unspecified atom stereocenters. The summed E-state index contributed by atoms with van der Waals surface area (Å²) in [4.78, 5) is 10.5. The van der Waals surface area contributed by atoms with Crippen LogP contribution in [0.15, 0.2) is 18.2 Å². The van der Waals surface area contributed by atoms with Gasteiger partial charge in [-0.15, -0.1) is 0 Å². The van der Waals surface area contributed by atoms with Gasteiger partial charge in [0.1, 0.15) is 0 Å². The number of thioether (sulfide) groups is 1. The molecule has 0 heterocycles. The van der Waals surface area contributed by atoms with Gasteiger partial charge in [0.15, 0.2) is 0 Å². The molecule has 0 spiro atoms. The number of nitrogens with zero attached hydrogens (tertiary/aromatic N) is 1. The Labute approximate surface area is 119 Å². The lowest BCUT2D eigenvalue weighted by atomic mass is 10.1. The third-order valence-electron chi connectivity index (χ3n) is 3.11. The van der Waals surface area contributed by atoms with Crippen molar-refractivity contribution in [3.63, 3.8) is 0 Å². The Bertz CT molecular complexity index is 435. The third kappa shape index (κ3) is 4.74. The molecule has 19 heavy (non-hydrogen) atoms. The minimum absolute atomic E-state index is 0.162. The van der Waals surface area contributed by atoms with Crippen LogP contribution in [0.25, 0.3) is 0 Å². The monoisotopic (exact) mass is 282 g/mol. The SMILES string of the molecule is CCNc1ccc([N+](=O)[O-])cc1CSC(C)C(C)C. The minimum atomic E-state index is -0.338. The molecule has 0 aliphatic rings. The van der Waals surface area contributed by atoms with Crippen LogP contribution in [0, 0.1) is 16.0 Å². The zero-order chi connectivity index (χ0) is 14.4. The van der Waals surface area contributed by atoms with Crippen LogP contribution in [0.5, 0.6) is 0 Å². The first-order valence-corrected chi connectivity index (χ1v) is 7.63. The molecule has 0 saturated heterocycles. The summed E-state index contributed by atoms with van der Waals surface area (Å²) >= 11 is 1.84. The van der Waals surface area contributed by atoms with Gasteiger partial charge in [0.05, 0.1) is 4.92 Å². The first kappa shape index (κ1) is 15.8. The summed E-state index contributed by atoms with van der Waals surface area (Å²) in [6, 6.07) is 5.04. The van der Waals surface area contributed by atoms with Gasteiger partial charge in [-0.05, 0) is 24.5 Å². The van der Waals surface area contributed by atoms with Gasteiger partial charge < -0.3 is 5.32 Å². The number of nitro groups is 1. The van der Waals surface area contributed by atoms with Crippen molar-refractivity contribution in [3.8, 4) is 0 Å². The highest BCUT2D eigenvalue weighted by atomic mass is 32.2. The molecule has 1 aromatic rings. The average Bonchev–Trinajstić information content (AvgIpc) is 2.37. The Morgan fingerprint density at radius 1 is 1.37 bits per heavy atom. The summed E-state index contributed by atoms with van der Waals surface area (Å²) in [6.07, 6.45) is 0. The summed E-state index contributed by atoms with van der Waals surface area (Å²) in [5.41, 5.74) is 2.17. The third-order valence-corrected chi connectivity index (χ3v) is 4.66. The molecular weight excluding hydrogens is 260 g/mol. The van der Waals surface area contributed by atoms with Gasteiger partial charge in [-0.3, -0.25) is 10.1 Å². The van der Waals surface area contributed by atoms with Crippen LogP contribution in [0.1, 0.15) is 33.3 Å². The molecule has 0 bridgehead atoms. The first-order valence-electron chi connectivity index (χ1n) is 6.58. The molecule has 5 heteroatoms. The summed E-state index contributed by atoms with van der Waals surface area (Å²) in [6.45, 7) is 9.41. The van der Waals surface area contributed by atoms with E-state index < -0.39 is 0 Å². The van der Waals surface area contributed by atoms with Crippen LogP contribution in [-0.2, 0) is 5.75 Å². The van der Waals surface area contributed by atoms with Crippen molar-refractivity contribution in [2.45, 2.75) is 38.7 Å². The van der Waals surface area contributed by atoms with Gasteiger partial charge in [0, 0.05) is 35.4 Å². The molecule has 0 fully saturated rings. The number of nitro benzene ring substituents is 1. The van der Waals surface area contributed by atoms with Gasteiger partial charge in [-0.2, -0.15) is 11.8 Å². The van der Waals surface area contributed by atoms with E-state index in [1.165, 1.54) is 0 Å². The van der Waals surface area contributed by atoms with E-state index in [0.29, 0.717) is 11.2 Å². The number of hydrogen-bond donors (Lipinski definition) is 1. The van der Waals surface area contributed by atoms with Gasteiger partial charge >= 0.3 is 0 Å². The van der Waals surface area contributed by atoms with E-state index in [1.54, 1.807) is 18.2 Å². The molecule has 1 aromatic carbocycles. The smallest absolute Gasteiger partial charge is 0.269 e. The Morgan fingerprint density at radius 3 is 2.58 bits per heavy atom. The van der Waals surface area contributed by atoms with Crippen LogP contribution in [0.2, 0.25) is 0 Å². The Balaban J connectivity index is 2.87. The molecule has 4 nitrogen and oxygen atoms in total. The van der Waals surface area contributed by atoms with Gasteiger partial charge in [-0.1, -0.05) is 20.8 Å². The lowest BCUT2D eigenvalue weighted by Gasteiger charge is -2.16. The summed E-state index contributed by atoms with van der Waals surface area (Å²) in [5, 5.41) is 14.6. The van der Waals surface area contributed by atoms with Crippen LogP contribution < -0.4 is 5.32 Å². The lowest BCUT2D eigenvalue weighted by molar-refractivity contribution is -0.384. The van der Waals surface area contributed by atoms with Crippen molar-refractivity contribution < 1.29 is 4.92 Å². The molecule has 1 atom stereocenters. The highest BCUT2D eigenvalue weighted by molar-refractivity contribution is 7.99. The van der Waals surface area contributed by atoms with E-state index in [2.05, 4.69) is 26.1 Å². The fourth-order valence-electron chi connectivity index (χ4n) is 1.59. The number of non-ortho nitro benzene ring substituents is 1. The van der Waals surface area contributed by atoms with Crippen LogP contribution in [0.4, 0.5) is 11.4 Å².